The first-order chi connectivity index (χ1) is 9.58. The Bertz CT molecular complexity index is 427. The second kappa shape index (κ2) is 6.93. The van der Waals surface area contributed by atoms with Crippen LogP contribution in [-0.2, 0) is 0 Å². The van der Waals surface area contributed by atoms with Crippen molar-refractivity contribution in [1.82, 2.24) is 10.2 Å². The Balaban J connectivity index is 2.07. The van der Waals surface area contributed by atoms with Crippen molar-refractivity contribution in [3.8, 4) is 0 Å². The lowest BCUT2D eigenvalue weighted by Gasteiger charge is -2.37. The van der Waals surface area contributed by atoms with Crippen molar-refractivity contribution in [3.05, 3.63) is 34.9 Å². The van der Waals surface area contributed by atoms with Gasteiger partial charge in [-0.3, -0.25) is 4.90 Å². The molecular formula is C17H27ClN2. The molecule has 0 bridgehead atoms. The van der Waals surface area contributed by atoms with Crippen LogP contribution >= 0.6 is 11.6 Å². The zero-order valence-electron chi connectivity index (χ0n) is 13.0. The molecule has 1 aliphatic rings. The van der Waals surface area contributed by atoms with Crippen molar-refractivity contribution in [2.24, 2.45) is 0 Å². The van der Waals surface area contributed by atoms with E-state index in [0.29, 0.717) is 11.6 Å². The number of likely N-dealkylation sites (N-methyl/N-ethyl adjacent to an activating group) is 1. The van der Waals surface area contributed by atoms with Gasteiger partial charge in [-0.05, 0) is 51.4 Å². The second-order valence-electron chi connectivity index (χ2n) is 6.17. The number of nitrogens with one attached hydrogen (secondary N) is 1. The molecule has 0 radical (unpaired) electrons. The van der Waals surface area contributed by atoms with Gasteiger partial charge in [-0.1, -0.05) is 43.1 Å². The minimum Gasteiger partial charge on any atom is -0.310 e. The molecule has 2 unspecified atom stereocenters. The fourth-order valence-corrected chi connectivity index (χ4v) is 3.73. The molecule has 112 valence electrons. The van der Waals surface area contributed by atoms with E-state index in [1.165, 1.54) is 31.2 Å². The quantitative estimate of drug-likeness (QED) is 0.843. The van der Waals surface area contributed by atoms with Crippen molar-refractivity contribution in [3.63, 3.8) is 0 Å². The lowest BCUT2D eigenvalue weighted by atomic mass is 9.90. The van der Waals surface area contributed by atoms with Crippen LogP contribution in [0.25, 0.3) is 0 Å². The predicted octanol–water partition coefficient (Wildman–Crippen LogP) is 4.26. The zero-order chi connectivity index (χ0) is 14.6. The molecule has 1 aromatic carbocycles. The molecule has 2 rings (SSSR count). The molecule has 3 heteroatoms. The first kappa shape index (κ1) is 15.8. The van der Waals surface area contributed by atoms with Crippen molar-refractivity contribution in [1.29, 1.82) is 0 Å². The van der Waals surface area contributed by atoms with E-state index in [1.54, 1.807) is 0 Å². The van der Waals surface area contributed by atoms with Gasteiger partial charge in [-0.2, -0.15) is 0 Å². The Hall–Kier alpha value is -0.570. The van der Waals surface area contributed by atoms with E-state index in [0.717, 1.165) is 18.1 Å². The largest absolute Gasteiger partial charge is 0.310 e. The molecule has 2 atom stereocenters. The summed E-state index contributed by atoms with van der Waals surface area (Å²) < 4.78 is 0. The summed E-state index contributed by atoms with van der Waals surface area (Å²) in [5.74, 6) is 0. The predicted molar refractivity (Wildman–Crippen MR) is 87.4 cm³/mol. The number of hydrogen-bond acceptors (Lipinski definition) is 2. The van der Waals surface area contributed by atoms with Crippen LogP contribution in [0.1, 0.15) is 51.1 Å². The van der Waals surface area contributed by atoms with Gasteiger partial charge in [0.25, 0.3) is 0 Å². The molecule has 1 aliphatic heterocycles. The highest BCUT2D eigenvalue weighted by atomic mass is 35.5. The summed E-state index contributed by atoms with van der Waals surface area (Å²) in [5.41, 5.74) is 1.53. The molecule has 0 spiro atoms. The first-order valence-corrected chi connectivity index (χ1v) is 8.15. The average molecular weight is 295 g/mol. The number of hydrogen-bond donors (Lipinski definition) is 1. The highest BCUT2D eigenvalue weighted by Gasteiger charge is 2.34. The van der Waals surface area contributed by atoms with E-state index in [1.807, 2.05) is 12.1 Å². The van der Waals surface area contributed by atoms with Gasteiger partial charge in [-0.25, -0.2) is 0 Å². The number of rotatable bonds is 6. The van der Waals surface area contributed by atoms with E-state index < -0.39 is 0 Å². The third-order valence-electron chi connectivity index (χ3n) is 4.63. The summed E-state index contributed by atoms with van der Waals surface area (Å²) in [7, 11) is 2.21. The molecule has 0 aromatic heterocycles. The molecule has 1 N–H and O–H groups in total. The SMILES string of the molecule is CCCC1(CN(C)C(C)c2ccccc2Cl)CCCN1. The third kappa shape index (κ3) is 3.55. The first-order valence-electron chi connectivity index (χ1n) is 7.78. The standard InChI is InChI=1S/C17H27ClN2/c1-4-10-17(11-7-12-19-17)13-20(3)14(2)15-8-5-6-9-16(15)18/h5-6,8-9,14,19H,4,7,10-13H2,1-3H3. The fourth-order valence-electron chi connectivity index (χ4n) is 3.44. The van der Waals surface area contributed by atoms with Crippen LogP contribution in [0.5, 0.6) is 0 Å². The Morgan fingerprint density at radius 2 is 2.15 bits per heavy atom. The second-order valence-corrected chi connectivity index (χ2v) is 6.58. The Morgan fingerprint density at radius 1 is 1.40 bits per heavy atom. The maximum atomic E-state index is 6.33. The molecule has 0 amide bonds. The highest BCUT2D eigenvalue weighted by Crippen LogP contribution is 2.31. The summed E-state index contributed by atoms with van der Waals surface area (Å²) in [6, 6.07) is 8.53. The molecule has 2 nitrogen and oxygen atoms in total. The average Bonchev–Trinajstić information content (AvgIpc) is 2.87. The van der Waals surface area contributed by atoms with Crippen LogP contribution in [0.15, 0.2) is 24.3 Å². The maximum absolute atomic E-state index is 6.33. The number of benzene rings is 1. The van der Waals surface area contributed by atoms with E-state index in [4.69, 9.17) is 11.6 Å². The van der Waals surface area contributed by atoms with Crippen LogP contribution in [0, 0.1) is 0 Å². The van der Waals surface area contributed by atoms with E-state index in [9.17, 15) is 0 Å². The highest BCUT2D eigenvalue weighted by molar-refractivity contribution is 6.31. The van der Waals surface area contributed by atoms with E-state index in [2.05, 4.69) is 43.2 Å². The summed E-state index contributed by atoms with van der Waals surface area (Å²) >= 11 is 6.33. The fraction of sp³-hybridized carbons (Fsp3) is 0.647. The van der Waals surface area contributed by atoms with Gasteiger partial charge in [0.1, 0.15) is 0 Å². The van der Waals surface area contributed by atoms with Crippen LogP contribution in [0.3, 0.4) is 0 Å². The van der Waals surface area contributed by atoms with Gasteiger partial charge >= 0.3 is 0 Å². The molecule has 1 heterocycles. The molecule has 0 aliphatic carbocycles. The van der Waals surface area contributed by atoms with E-state index >= 15 is 0 Å². The normalized spacial score (nSPS) is 24.2. The summed E-state index contributed by atoms with van der Waals surface area (Å²) in [4.78, 5) is 2.44. The maximum Gasteiger partial charge on any atom is 0.0453 e. The smallest absolute Gasteiger partial charge is 0.0453 e. The molecule has 1 fully saturated rings. The van der Waals surface area contributed by atoms with Crippen LogP contribution in [0.2, 0.25) is 5.02 Å². The van der Waals surface area contributed by atoms with Crippen molar-refractivity contribution in [2.45, 2.75) is 51.1 Å². The van der Waals surface area contributed by atoms with Crippen LogP contribution in [0.4, 0.5) is 0 Å². The molecule has 0 saturated carbocycles. The van der Waals surface area contributed by atoms with Gasteiger partial charge in [0.15, 0.2) is 0 Å². The van der Waals surface area contributed by atoms with Crippen LogP contribution < -0.4 is 5.32 Å². The minimum atomic E-state index is 0.305. The van der Waals surface area contributed by atoms with Gasteiger partial charge in [0.05, 0.1) is 0 Å². The summed E-state index contributed by atoms with van der Waals surface area (Å²) in [6.45, 7) is 6.77. The lowest BCUT2D eigenvalue weighted by molar-refractivity contribution is 0.175. The van der Waals surface area contributed by atoms with Crippen molar-refractivity contribution >= 4 is 11.6 Å². The summed E-state index contributed by atoms with van der Waals surface area (Å²) in [6.07, 6.45) is 5.09. The van der Waals surface area contributed by atoms with Gasteiger partial charge < -0.3 is 5.32 Å². The topological polar surface area (TPSA) is 15.3 Å². The Morgan fingerprint density at radius 3 is 2.75 bits per heavy atom. The third-order valence-corrected chi connectivity index (χ3v) is 4.97. The molecule has 1 aromatic rings. The van der Waals surface area contributed by atoms with Gasteiger partial charge in [-0.15, -0.1) is 0 Å². The van der Waals surface area contributed by atoms with Gasteiger partial charge in [0, 0.05) is 23.1 Å². The van der Waals surface area contributed by atoms with Crippen molar-refractivity contribution in [2.75, 3.05) is 20.1 Å². The molecule has 20 heavy (non-hydrogen) atoms. The number of halogens is 1. The monoisotopic (exact) mass is 294 g/mol. The molecule has 1 saturated heterocycles. The summed E-state index contributed by atoms with van der Waals surface area (Å²) in [5, 5.41) is 4.62. The molecular weight excluding hydrogens is 268 g/mol. The van der Waals surface area contributed by atoms with Crippen LogP contribution in [-0.4, -0.2) is 30.6 Å². The van der Waals surface area contributed by atoms with Crippen molar-refractivity contribution < 1.29 is 0 Å². The minimum absolute atomic E-state index is 0.305. The Kier molecular flexibility index (Phi) is 5.48. The Labute approximate surface area is 128 Å². The number of nitrogens with zero attached hydrogens (tertiary/aromatic N) is 1. The zero-order valence-corrected chi connectivity index (χ0v) is 13.7. The van der Waals surface area contributed by atoms with E-state index in [-0.39, 0.29) is 0 Å². The lowest BCUT2D eigenvalue weighted by Crippen LogP contribution is -2.49. The van der Waals surface area contributed by atoms with Gasteiger partial charge in [0.2, 0.25) is 0 Å².